The summed E-state index contributed by atoms with van der Waals surface area (Å²) in [6.07, 6.45) is 7.89. The van der Waals surface area contributed by atoms with Crippen LogP contribution in [-0.2, 0) is 11.2 Å². The molecule has 0 saturated carbocycles. The van der Waals surface area contributed by atoms with Crippen LogP contribution in [0.3, 0.4) is 0 Å². The molecule has 0 aromatic heterocycles. The van der Waals surface area contributed by atoms with Gasteiger partial charge in [-0.2, -0.15) is 0 Å². The van der Waals surface area contributed by atoms with E-state index in [-0.39, 0.29) is 5.60 Å². The number of hydrogen-bond donors (Lipinski definition) is 0. The first-order chi connectivity index (χ1) is 9.22. The van der Waals surface area contributed by atoms with Gasteiger partial charge in [-0.15, -0.1) is 0 Å². The largest absolute Gasteiger partial charge is 0.491 e. The molecule has 0 aliphatic carbocycles. The summed E-state index contributed by atoms with van der Waals surface area (Å²) in [5.41, 5.74) is 1.38. The van der Waals surface area contributed by atoms with Crippen molar-refractivity contribution in [1.29, 1.82) is 0 Å². The van der Waals surface area contributed by atoms with Crippen LogP contribution in [0.1, 0.15) is 51.5 Å². The molecule has 1 fully saturated rings. The van der Waals surface area contributed by atoms with Crippen LogP contribution >= 0.6 is 0 Å². The number of epoxide rings is 1. The summed E-state index contributed by atoms with van der Waals surface area (Å²) >= 11 is 0. The molecule has 0 amide bonds. The van der Waals surface area contributed by atoms with Crippen molar-refractivity contribution in [3.8, 4) is 5.75 Å². The smallest absolute Gasteiger partial charge is 0.123 e. The Labute approximate surface area is 117 Å². The van der Waals surface area contributed by atoms with Crippen molar-refractivity contribution < 1.29 is 9.47 Å². The highest BCUT2D eigenvalue weighted by Gasteiger charge is 2.40. The van der Waals surface area contributed by atoms with Gasteiger partial charge in [-0.3, -0.25) is 0 Å². The third-order valence-electron chi connectivity index (χ3n) is 3.67. The van der Waals surface area contributed by atoms with E-state index in [2.05, 4.69) is 38.1 Å². The van der Waals surface area contributed by atoms with E-state index in [1.807, 2.05) is 0 Å². The quantitative estimate of drug-likeness (QED) is 0.487. The maximum atomic E-state index is 5.72. The Hall–Kier alpha value is -1.02. The van der Waals surface area contributed by atoms with E-state index in [0.29, 0.717) is 6.61 Å². The molecule has 1 aromatic carbocycles. The van der Waals surface area contributed by atoms with Crippen molar-refractivity contribution in [3.63, 3.8) is 0 Å². The lowest BCUT2D eigenvalue weighted by Gasteiger charge is -2.09. The van der Waals surface area contributed by atoms with Crippen LogP contribution in [0.15, 0.2) is 24.3 Å². The maximum Gasteiger partial charge on any atom is 0.123 e. The lowest BCUT2D eigenvalue weighted by atomic mass is 10.1. The second-order valence-corrected chi connectivity index (χ2v) is 5.84. The molecule has 2 heteroatoms. The van der Waals surface area contributed by atoms with Crippen molar-refractivity contribution in [2.45, 2.75) is 58.0 Å². The Kier molecular flexibility index (Phi) is 5.26. The third kappa shape index (κ3) is 5.23. The molecular formula is C17H26O2. The summed E-state index contributed by atoms with van der Waals surface area (Å²) < 4.78 is 11.0. The van der Waals surface area contributed by atoms with Crippen molar-refractivity contribution in [2.24, 2.45) is 0 Å². The van der Waals surface area contributed by atoms with Crippen LogP contribution in [0.5, 0.6) is 5.75 Å². The number of rotatable bonds is 9. The fourth-order valence-corrected chi connectivity index (χ4v) is 2.13. The van der Waals surface area contributed by atoms with Gasteiger partial charge in [0.15, 0.2) is 0 Å². The second kappa shape index (κ2) is 6.95. The topological polar surface area (TPSA) is 21.8 Å². The first-order valence-electron chi connectivity index (χ1n) is 7.57. The van der Waals surface area contributed by atoms with Crippen molar-refractivity contribution in [2.75, 3.05) is 13.2 Å². The average molecular weight is 262 g/mol. The van der Waals surface area contributed by atoms with Gasteiger partial charge in [0.1, 0.15) is 18.0 Å². The fraction of sp³-hybridized carbons (Fsp3) is 0.647. The molecule has 0 radical (unpaired) electrons. The summed E-state index contributed by atoms with van der Waals surface area (Å²) in [6, 6.07) is 8.52. The zero-order valence-electron chi connectivity index (χ0n) is 12.3. The van der Waals surface area contributed by atoms with Gasteiger partial charge >= 0.3 is 0 Å². The Balaban J connectivity index is 1.66. The highest BCUT2D eigenvalue weighted by Crippen LogP contribution is 2.27. The van der Waals surface area contributed by atoms with Gasteiger partial charge < -0.3 is 9.47 Å². The Morgan fingerprint density at radius 2 is 1.79 bits per heavy atom. The van der Waals surface area contributed by atoms with Gasteiger partial charge in [-0.25, -0.2) is 0 Å². The summed E-state index contributed by atoms with van der Waals surface area (Å²) in [6.45, 7) is 5.82. The summed E-state index contributed by atoms with van der Waals surface area (Å²) in [7, 11) is 0. The fourth-order valence-electron chi connectivity index (χ4n) is 2.13. The molecule has 1 aromatic rings. The predicted molar refractivity (Wildman–Crippen MR) is 78.8 cm³/mol. The Morgan fingerprint density at radius 3 is 2.42 bits per heavy atom. The molecule has 2 nitrogen and oxygen atoms in total. The average Bonchev–Trinajstić information content (AvgIpc) is 3.16. The van der Waals surface area contributed by atoms with E-state index in [0.717, 1.165) is 12.4 Å². The number of unbranched alkanes of at least 4 members (excludes halogenated alkanes) is 4. The third-order valence-corrected chi connectivity index (χ3v) is 3.67. The van der Waals surface area contributed by atoms with Crippen LogP contribution in [0.25, 0.3) is 0 Å². The van der Waals surface area contributed by atoms with Gasteiger partial charge in [0.05, 0.1) is 6.61 Å². The molecule has 1 atom stereocenters. The first kappa shape index (κ1) is 14.4. The first-order valence-corrected chi connectivity index (χ1v) is 7.57. The second-order valence-electron chi connectivity index (χ2n) is 5.84. The molecule has 19 heavy (non-hydrogen) atoms. The van der Waals surface area contributed by atoms with Gasteiger partial charge in [0.2, 0.25) is 0 Å². The van der Waals surface area contributed by atoms with Crippen molar-refractivity contribution >= 4 is 0 Å². The van der Waals surface area contributed by atoms with Crippen molar-refractivity contribution in [3.05, 3.63) is 29.8 Å². The SMILES string of the molecule is CCCCCCCc1ccc(OCC2(C)CO2)cc1. The van der Waals surface area contributed by atoms with Gasteiger partial charge in [-0.05, 0) is 37.5 Å². The zero-order valence-corrected chi connectivity index (χ0v) is 12.3. The van der Waals surface area contributed by atoms with Crippen LogP contribution < -0.4 is 4.74 Å². The molecule has 0 bridgehead atoms. The maximum absolute atomic E-state index is 5.72. The molecular weight excluding hydrogens is 236 g/mol. The lowest BCUT2D eigenvalue weighted by Crippen LogP contribution is -2.16. The number of aryl methyl sites for hydroxylation is 1. The summed E-state index contributed by atoms with van der Waals surface area (Å²) in [5, 5.41) is 0. The molecule has 1 aliphatic heterocycles. The molecule has 1 unspecified atom stereocenters. The Morgan fingerprint density at radius 1 is 1.11 bits per heavy atom. The van der Waals surface area contributed by atoms with Crippen LogP contribution in [0, 0.1) is 0 Å². The molecule has 1 heterocycles. The predicted octanol–water partition coefficient (Wildman–Crippen LogP) is 4.37. The van der Waals surface area contributed by atoms with Gasteiger partial charge in [0.25, 0.3) is 0 Å². The van der Waals surface area contributed by atoms with Gasteiger partial charge in [0, 0.05) is 0 Å². The van der Waals surface area contributed by atoms with E-state index >= 15 is 0 Å². The van der Waals surface area contributed by atoms with E-state index in [1.165, 1.54) is 44.1 Å². The Bertz CT molecular complexity index is 365. The summed E-state index contributed by atoms with van der Waals surface area (Å²) in [5.74, 6) is 0.950. The minimum absolute atomic E-state index is 0.0298. The molecule has 2 rings (SSSR count). The highest BCUT2D eigenvalue weighted by molar-refractivity contribution is 5.27. The summed E-state index contributed by atoms with van der Waals surface area (Å²) in [4.78, 5) is 0. The van der Waals surface area contributed by atoms with E-state index < -0.39 is 0 Å². The zero-order chi connectivity index (χ0) is 13.6. The monoisotopic (exact) mass is 262 g/mol. The number of hydrogen-bond acceptors (Lipinski definition) is 2. The van der Waals surface area contributed by atoms with Gasteiger partial charge in [-0.1, -0.05) is 44.7 Å². The van der Waals surface area contributed by atoms with Crippen LogP contribution in [0.2, 0.25) is 0 Å². The van der Waals surface area contributed by atoms with E-state index in [4.69, 9.17) is 9.47 Å². The lowest BCUT2D eigenvalue weighted by molar-refractivity contribution is 0.202. The van der Waals surface area contributed by atoms with Crippen LogP contribution in [-0.4, -0.2) is 18.8 Å². The molecule has 1 aliphatic rings. The minimum atomic E-state index is -0.0298. The molecule has 0 spiro atoms. The van der Waals surface area contributed by atoms with E-state index in [1.54, 1.807) is 0 Å². The van der Waals surface area contributed by atoms with Crippen LogP contribution in [0.4, 0.5) is 0 Å². The number of ether oxygens (including phenoxy) is 2. The normalized spacial score (nSPS) is 21.4. The number of benzene rings is 1. The molecule has 106 valence electrons. The van der Waals surface area contributed by atoms with Crippen molar-refractivity contribution in [1.82, 2.24) is 0 Å². The van der Waals surface area contributed by atoms with E-state index in [9.17, 15) is 0 Å². The minimum Gasteiger partial charge on any atom is -0.491 e. The molecule has 0 N–H and O–H groups in total. The molecule has 1 saturated heterocycles. The highest BCUT2D eigenvalue weighted by atomic mass is 16.6. The standard InChI is InChI=1S/C17H26O2/c1-3-4-5-6-7-8-15-9-11-16(12-10-15)18-13-17(2)14-19-17/h9-12H,3-8,13-14H2,1-2H3.